The Kier molecular flexibility index (Phi) is 4.20. The summed E-state index contributed by atoms with van der Waals surface area (Å²) in [5.41, 5.74) is 2.25. The van der Waals surface area contributed by atoms with Gasteiger partial charge < -0.3 is 14.4 Å². The van der Waals surface area contributed by atoms with Crippen LogP contribution in [0.5, 0.6) is 0 Å². The maximum Gasteiger partial charge on any atom is 0.133 e. The zero-order valence-corrected chi connectivity index (χ0v) is 11.3. The van der Waals surface area contributed by atoms with Gasteiger partial charge in [-0.05, 0) is 38.9 Å². The smallest absolute Gasteiger partial charge is 0.133 e. The summed E-state index contributed by atoms with van der Waals surface area (Å²) < 4.78 is 7.31. The number of aryl methyl sites for hydroxylation is 1. The Morgan fingerprint density at radius 2 is 2.33 bits per heavy atom. The highest BCUT2D eigenvalue weighted by molar-refractivity contribution is 5.14. The zero-order chi connectivity index (χ0) is 13.0. The van der Waals surface area contributed by atoms with Gasteiger partial charge in [0.25, 0.3) is 0 Å². The first-order valence-corrected chi connectivity index (χ1v) is 6.51. The van der Waals surface area contributed by atoms with Gasteiger partial charge in [0.05, 0.1) is 6.54 Å². The van der Waals surface area contributed by atoms with Crippen LogP contribution in [-0.2, 0) is 6.54 Å². The summed E-state index contributed by atoms with van der Waals surface area (Å²) in [6.07, 6.45) is 3.23. The number of nitrogens with zero attached hydrogens (tertiary/aromatic N) is 2. The molecule has 0 aromatic carbocycles. The van der Waals surface area contributed by atoms with Gasteiger partial charge in [0, 0.05) is 24.0 Å². The van der Waals surface area contributed by atoms with Crippen LogP contribution in [-0.4, -0.2) is 16.3 Å². The minimum Gasteiger partial charge on any atom is -0.361 e. The monoisotopic (exact) mass is 247 g/mol. The van der Waals surface area contributed by atoms with Crippen LogP contribution in [0.15, 0.2) is 28.9 Å². The third kappa shape index (κ3) is 3.01. The van der Waals surface area contributed by atoms with E-state index in [1.807, 2.05) is 13.0 Å². The molecule has 4 nitrogen and oxygen atoms in total. The molecule has 0 saturated heterocycles. The standard InChI is InChI=1S/C14H21N3O/c1-4-7-15-12(3)14-6-5-8-17(14)10-13-9-11(2)18-16-13/h5-6,8-9,12,15H,4,7,10H2,1-3H3. The summed E-state index contributed by atoms with van der Waals surface area (Å²) in [6.45, 7) is 8.08. The normalized spacial score (nSPS) is 12.8. The molecule has 0 amide bonds. The lowest BCUT2D eigenvalue weighted by atomic mass is 10.2. The Bertz CT molecular complexity index is 487. The van der Waals surface area contributed by atoms with E-state index in [1.54, 1.807) is 0 Å². The number of aromatic nitrogens is 2. The van der Waals surface area contributed by atoms with Crippen LogP contribution >= 0.6 is 0 Å². The van der Waals surface area contributed by atoms with E-state index in [4.69, 9.17) is 4.52 Å². The van der Waals surface area contributed by atoms with E-state index in [0.717, 1.165) is 31.0 Å². The molecule has 0 aliphatic rings. The maximum atomic E-state index is 5.10. The van der Waals surface area contributed by atoms with Crippen molar-refractivity contribution in [2.24, 2.45) is 0 Å². The Labute approximate surface area is 108 Å². The molecule has 18 heavy (non-hydrogen) atoms. The van der Waals surface area contributed by atoms with Gasteiger partial charge in [0.15, 0.2) is 0 Å². The van der Waals surface area contributed by atoms with E-state index in [9.17, 15) is 0 Å². The first-order valence-electron chi connectivity index (χ1n) is 6.51. The van der Waals surface area contributed by atoms with E-state index < -0.39 is 0 Å². The lowest BCUT2D eigenvalue weighted by Gasteiger charge is -2.16. The molecular formula is C14H21N3O. The minimum atomic E-state index is 0.355. The fraction of sp³-hybridized carbons (Fsp3) is 0.500. The summed E-state index contributed by atoms with van der Waals surface area (Å²) in [5.74, 6) is 0.857. The number of hydrogen-bond donors (Lipinski definition) is 1. The molecule has 0 saturated carbocycles. The van der Waals surface area contributed by atoms with Gasteiger partial charge in [0.2, 0.25) is 0 Å². The van der Waals surface area contributed by atoms with Crippen molar-refractivity contribution in [2.45, 2.75) is 39.8 Å². The van der Waals surface area contributed by atoms with Crippen LogP contribution < -0.4 is 5.32 Å². The average molecular weight is 247 g/mol. The fourth-order valence-electron chi connectivity index (χ4n) is 2.10. The molecule has 2 heterocycles. The van der Waals surface area contributed by atoms with Gasteiger partial charge in [-0.15, -0.1) is 0 Å². The van der Waals surface area contributed by atoms with Gasteiger partial charge in [-0.3, -0.25) is 0 Å². The predicted octanol–water partition coefficient (Wildman–Crippen LogP) is 2.89. The van der Waals surface area contributed by atoms with Crippen LogP contribution in [0.25, 0.3) is 0 Å². The third-order valence-electron chi connectivity index (χ3n) is 3.02. The summed E-state index contributed by atoms with van der Waals surface area (Å²) in [6, 6.07) is 6.56. The fourth-order valence-corrected chi connectivity index (χ4v) is 2.10. The van der Waals surface area contributed by atoms with E-state index in [0.29, 0.717) is 6.04 Å². The van der Waals surface area contributed by atoms with Gasteiger partial charge >= 0.3 is 0 Å². The summed E-state index contributed by atoms with van der Waals surface area (Å²) in [7, 11) is 0. The zero-order valence-electron chi connectivity index (χ0n) is 11.3. The second-order valence-corrected chi connectivity index (χ2v) is 4.67. The molecule has 0 fully saturated rings. The van der Waals surface area contributed by atoms with Crippen molar-refractivity contribution >= 4 is 0 Å². The van der Waals surface area contributed by atoms with Crippen LogP contribution in [0.1, 0.15) is 43.5 Å². The van der Waals surface area contributed by atoms with Crippen molar-refractivity contribution in [3.63, 3.8) is 0 Å². The summed E-state index contributed by atoms with van der Waals surface area (Å²) in [5, 5.41) is 7.54. The highest BCUT2D eigenvalue weighted by atomic mass is 16.5. The Morgan fingerprint density at radius 3 is 3.00 bits per heavy atom. The number of nitrogens with one attached hydrogen (secondary N) is 1. The van der Waals surface area contributed by atoms with Gasteiger partial charge in [-0.25, -0.2) is 0 Å². The first kappa shape index (κ1) is 12.9. The van der Waals surface area contributed by atoms with E-state index in [-0.39, 0.29) is 0 Å². The quantitative estimate of drug-likeness (QED) is 0.853. The lowest BCUT2D eigenvalue weighted by molar-refractivity contribution is 0.388. The van der Waals surface area contributed by atoms with Crippen molar-refractivity contribution in [1.29, 1.82) is 0 Å². The molecule has 0 aliphatic heterocycles. The molecule has 2 aromatic rings. The van der Waals surface area contributed by atoms with E-state index in [1.165, 1.54) is 5.69 Å². The summed E-state index contributed by atoms with van der Waals surface area (Å²) in [4.78, 5) is 0. The number of rotatable bonds is 6. The minimum absolute atomic E-state index is 0.355. The largest absolute Gasteiger partial charge is 0.361 e. The van der Waals surface area contributed by atoms with Crippen molar-refractivity contribution in [2.75, 3.05) is 6.54 Å². The van der Waals surface area contributed by atoms with Crippen LogP contribution in [0.2, 0.25) is 0 Å². The molecule has 0 radical (unpaired) electrons. The topological polar surface area (TPSA) is 43.0 Å². The molecule has 0 bridgehead atoms. The predicted molar refractivity (Wildman–Crippen MR) is 71.5 cm³/mol. The third-order valence-corrected chi connectivity index (χ3v) is 3.02. The van der Waals surface area contributed by atoms with Gasteiger partial charge in [-0.2, -0.15) is 0 Å². The molecule has 98 valence electrons. The van der Waals surface area contributed by atoms with Crippen LogP contribution in [0.3, 0.4) is 0 Å². The van der Waals surface area contributed by atoms with Crippen molar-refractivity contribution in [1.82, 2.24) is 15.0 Å². The highest BCUT2D eigenvalue weighted by Crippen LogP contribution is 2.15. The van der Waals surface area contributed by atoms with Crippen molar-refractivity contribution in [3.05, 3.63) is 41.5 Å². The lowest BCUT2D eigenvalue weighted by Crippen LogP contribution is -2.22. The molecule has 2 rings (SSSR count). The molecule has 1 unspecified atom stereocenters. The SMILES string of the molecule is CCCNC(C)c1cccn1Cc1cc(C)on1. The number of hydrogen-bond acceptors (Lipinski definition) is 3. The Balaban J connectivity index is 2.07. The molecular weight excluding hydrogens is 226 g/mol. The van der Waals surface area contributed by atoms with Crippen LogP contribution in [0.4, 0.5) is 0 Å². The summed E-state index contributed by atoms with van der Waals surface area (Å²) >= 11 is 0. The molecule has 1 atom stereocenters. The second kappa shape index (κ2) is 5.87. The first-order chi connectivity index (χ1) is 8.70. The molecule has 4 heteroatoms. The van der Waals surface area contributed by atoms with Crippen molar-refractivity contribution in [3.8, 4) is 0 Å². The van der Waals surface area contributed by atoms with Gasteiger partial charge in [0.1, 0.15) is 11.5 Å². The highest BCUT2D eigenvalue weighted by Gasteiger charge is 2.10. The van der Waals surface area contributed by atoms with E-state index in [2.05, 4.69) is 47.2 Å². The van der Waals surface area contributed by atoms with Gasteiger partial charge in [-0.1, -0.05) is 12.1 Å². The maximum absolute atomic E-state index is 5.10. The van der Waals surface area contributed by atoms with Crippen molar-refractivity contribution < 1.29 is 4.52 Å². The van der Waals surface area contributed by atoms with E-state index >= 15 is 0 Å². The average Bonchev–Trinajstić information content (AvgIpc) is 2.96. The second-order valence-electron chi connectivity index (χ2n) is 4.67. The Morgan fingerprint density at radius 1 is 1.50 bits per heavy atom. The molecule has 0 aliphatic carbocycles. The van der Waals surface area contributed by atoms with Crippen LogP contribution in [0, 0.1) is 6.92 Å². The Hall–Kier alpha value is -1.55. The molecule has 1 N–H and O–H groups in total. The molecule has 2 aromatic heterocycles. The molecule has 0 spiro atoms.